The number of benzene rings is 1. The zero-order valence-electron chi connectivity index (χ0n) is 14.6. The van der Waals surface area contributed by atoms with E-state index in [1.807, 2.05) is 13.0 Å². The van der Waals surface area contributed by atoms with Crippen LogP contribution in [0.4, 0.5) is 4.39 Å². The van der Waals surface area contributed by atoms with Crippen LogP contribution in [0.15, 0.2) is 29.3 Å². The summed E-state index contributed by atoms with van der Waals surface area (Å²) in [6.07, 6.45) is 2.74. The standard InChI is InChI=1S/C18H26FN3O2S/c1-2-20-17(21-11-14-6-9-25(23,24)12-14)22-13-18(7-8-18)15-4-3-5-16(19)10-15/h3-5,10,14H,2,6-9,11-13H2,1H3,(H2,20,21,22). The number of halogens is 1. The van der Waals surface area contributed by atoms with Crippen molar-refractivity contribution in [2.45, 2.75) is 31.6 Å². The molecule has 7 heteroatoms. The first-order chi connectivity index (χ1) is 11.9. The monoisotopic (exact) mass is 367 g/mol. The molecule has 5 nitrogen and oxygen atoms in total. The molecule has 1 unspecified atom stereocenters. The Hall–Kier alpha value is -1.63. The van der Waals surface area contributed by atoms with Crippen LogP contribution in [0.5, 0.6) is 0 Å². The highest BCUT2D eigenvalue weighted by Crippen LogP contribution is 2.48. The lowest BCUT2D eigenvalue weighted by molar-refractivity contribution is 0.566. The van der Waals surface area contributed by atoms with Gasteiger partial charge in [-0.3, -0.25) is 4.99 Å². The lowest BCUT2D eigenvalue weighted by Gasteiger charge is -2.17. The van der Waals surface area contributed by atoms with Crippen LogP contribution in [0.25, 0.3) is 0 Å². The second-order valence-corrected chi connectivity index (χ2v) is 9.36. The van der Waals surface area contributed by atoms with Gasteiger partial charge in [0.1, 0.15) is 5.82 Å². The van der Waals surface area contributed by atoms with E-state index >= 15 is 0 Å². The van der Waals surface area contributed by atoms with Crippen LogP contribution >= 0.6 is 0 Å². The number of nitrogens with one attached hydrogen (secondary N) is 2. The molecule has 0 bridgehead atoms. The Labute approximate surface area is 149 Å². The van der Waals surface area contributed by atoms with E-state index in [0.717, 1.165) is 24.9 Å². The van der Waals surface area contributed by atoms with Crippen LogP contribution in [0.2, 0.25) is 0 Å². The van der Waals surface area contributed by atoms with Gasteiger partial charge in [0.25, 0.3) is 0 Å². The average molecular weight is 367 g/mol. The molecule has 1 aromatic carbocycles. The van der Waals surface area contributed by atoms with Crippen molar-refractivity contribution in [1.82, 2.24) is 10.6 Å². The molecule has 1 aliphatic carbocycles. The maximum absolute atomic E-state index is 13.5. The van der Waals surface area contributed by atoms with E-state index in [2.05, 4.69) is 15.6 Å². The molecule has 0 aromatic heterocycles. The third kappa shape index (κ3) is 4.71. The topological polar surface area (TPSA) is 70.6 Å². The van der Waals surface area contributed by atoms with E-state index in [9.17, 15) is 12.8 Å². The van der Waals surface area contributed by atoms with Gasteiger partial charge in [0, 0.05) is 18.5 Å². The summed E-state index contributed by atoms with van der Waals surface area (Å²) in [7, 11) is -2.86. The van der Waals surface area contributed by atoms with Crippen molar-refractivity contribution >= 4 is 15.8 Å². The second-order valence-electron chi connectivity index (χ2n) is 7.14. The van der Waals surface area contributed by atoms with Gasteiger partial charge in [-0.2, -0.15) is 0 Å². The van der Waals surface area contributed by atoms with Crippen molar-refractivity contribution in [1.29, 1.82) is 0 Å². The normalized spacial score (nSPS) is 24.1. The van der Waals surface area contributed by atoms with Crippen LogP contribution in [0, 0.1) is 11.7 Å². The van der Waals surface area contributed by atoms with Crippen molar-refractivity contribution in [2.24, 2.45) is 10.9 Å². The van der Waals surface area contributed by atoms with Crippen LogP contribution in [0.1, 0.15) is 31.7 Å². The Morgan fingerprint density at radius 2 is 2.16 bits per heavy atom. The molecule has 1 atom stereocenters. The number of aliphatic imine (C=N–C) groups is 1. The zero-order chi connectivity index (χ0) is 17.9. The third-order valence-corrected chi connectivity index (χ3v) is 6.90. The van der Waals surface area contributed by atoms with Crippen molar-refractivity contribution in [3.8, 4) is 0 Å². The number of nitrogens with zero attached hydrogens (tertiary/aromatic N) is 1. The number of hydrogen-bond acceptors (Lipinski definition) is 3. The van der Waals surface area contributed by atoms with Gasteiger partial charge in [0.15, 0.2) is 15.8 Å². The molecule has 1 aromatic rings. The predicted molar refractivity (Wildman–Crippen MR) is 98.1 cm³/mol. The first-order valence-electron chi connectivity index (χ1n) is 8.91. The van der Waals surface area contributed by atoms with Crippen LogP contribution in [0.3, 0.4) is 0 Å². The second kappa shape index (κ2) is 7.32. The summed E-state index contributed by atoms with van der Waals surface area (Å²) in [5, 5.41) is 6.47. The predicted octanol–water partition coefficient (Wildman–Crippen LogP) is 1.85. The Morgan fingerprint density at radius 3 is 2.76 bits per heavy atom. The molecule has 138 valence electrons. The lowest BCUT2D eigenvalue weighted by Crippen LogP contribution is -2.40. The SMILES string of the molecule is CCNC(=NCC1(c2cccc(F)c2)CC1)NCC1CCS(=O)(=O)C1. The molecule has 1 saturated heterocycles. The van der Waals surface area contributed by atoms with Crippen molar-refractivity contribution in [3.63, 3.8) is 0 Å². The van der Waals surface area contributed by atoms with E-state index in [-0.39, 0.29) is 28.7 Å². The van der Waals surface area contributed by atoms with E-state index in [1.165, 1.54) is 6.07 Å². The molecule has 25 heavy (non-hydrogen) atoms. The van der Waals surface area contributed by atoms with E-state index in [4.69, 9.17) is 0 Å². The highest BCUT2D eigenvalue weighted by Gasteiger charge is 2.44. The molecule has 0 amide bonds. The maximum atomic E-state index is 13.5. The molecule has 0 radical (unpaired) electrons. The molecule has 2 aliphatic rings. The Kier molecular flexibility index (Phi) is 5.32. The van der Waals surface area contributed by atoms with Gasteiger partial charge in [-0.15, -0.1) is 0 Å². The summed E-state index contributed by atoms with van der Waals surface area (Å²) in [5.41, 5.74) is 0.954. The molecule has 3 rings (SSSR count). The molecule has 1 saturated carbocycles. The van der Waals surface area contributed by atoms with Crippen molar-refractivity contribution in [2.75, 3.05) is 31.1 Å². The van der Waals surface area contributed by atoms with E-state index in [0.29, 0.717) is 25.5 Å². The molecular weight excluding hydrogens is 341 g/mol. The smallest absolute Gasteiger partial charge is 0.191 e. The molecule has 1 heterocycles. The molecule has 1 aliphatic heterocycles. The first-order valence-corrected chi connectivity index (χ1v) is 10.7. The van der Waals surface area contributed by atoms with Gasteiger partial charge >= 0.3 is 0 Å². The molecular formula is C18H26FN3O2S. The summed E-state index contributed by atoms with van der Waals surface area (Å²) in [6, 6.07) is 6.78. The van der Waals surface area contributed by atoms with Gasteiger partial charge < -0.3 is 10.6 Å². The van der Waals surface area contributed by atoms with Crippen LogP contribution < -0.4 is 10.6 Å². The Bertz CT molecular complexity index is 744. The number of rotatable bonds is 6. The summed E-state index contributed by atoms with van der Waals surface area (Å²) in [6.45, 7) is 3.95. The van der Waals surface area contributed by atoms with Gasteiger partial charge in [0.05, 0.1) is 18.1 Å². The highest BCUT2D eigenvalue weighted by atomic mass is 32.2. The summed E-state index contributed by atoms with van der Waals surface area (Å²) in [5.74, 6) is 1.18. The quantitative estimate of drug-likeness (QED) is 0.595. The fraction of sp³-hybridized carbons (Fsp3) is 0.611. The number of hydrogen-bond donors (Lipinski definition) is 2. The maximum Gasteiger partial charge on any atom is 0.191 e. The van der Waals surface area contributed by atoms with Gasteiger partial charge in [-0.1, -0.05) is 12.1 Å². The van der Waals surface area contributed by atoms with Crippen LogP contribution in [-0.4, -0.2) is 45.5 Å². The number of guanidine groups is 1. The summed E-state index contributed by atoms with van der Waals surface area (Å²) < 4.78 is 36.6. The average Bonchev–Trinajstić information content (AvgIpc) is 3.28. The molecule has 2 fully saturated rings. The van der Waals surface area contributed by atoms with Gasteiger partial charge in [0.2, 0.25) is 0 Å². The minimum absolute atomic E-state index is 0.0544. The van der Waals surface area contributed by atoms with Gasteiger partial charge in [-0.05, 0) is 49.8 Å². The fourth-order valence-electron chi connectivity index (χ4n) is 3.35. The molecule has 2 N–H and O–H groups in total. The third-order valence-electron chi connectivity index (χ3n) is 5.06. The Morgan fingerprint density at radius 1 is 1.36 bits per heavy atom. The Balaban J connectivity index is 1.60. The fourth-order valence-corrected chi connectivity index (χ4v) is 5.22. The van der Waals surface area contributed by atoms with Crippen molar-refractivity contribution in [3.05, 3.63) is 35.6 Å². The first kappa shape index (κ1) is 18.2. The summed E-state index contributed by atoms with van der Waals surface area (Å²) in [4.78, 5) is 4.67. The van der Waals surface area contributed by atoms with E-state index < -0.39 is 9.84 Å². The van der Waals surface area contributed by atoms with Gasteiger partial charge in [-0.25, -0.2) is 12.8 Å². The highest BCUT2D eigenvalue weighted by molar-refractivity contribution is 7.91. The van der Waals surface area contributed by atoms with Crippen LogP contribution in [-0.2, 0) is 15.3 Å². The lowest BCUT2D eigenvalue weighted by atomic mass is 9.96. The minimum atomic E-state index is -2.86. The minimum Gasteiger partial charge on any atom is -0.357 e. The van der Waals surface area contributed by atoms with E-state index in [1.54, 1.807) is 12.1 Å². The number of sulfone groups is 1. The summed E-state index contributed by atoms with van der Waals surface area (Å²) >= 11 is 0. The molecule has 0 spiro atoms. The largest absolute Gasteiger partial charge is 0.357 e. The zero-order valence-corrected chi connectivity index (χ0v) is 15.4. The van der Waals surface area contributed by atoms with Crippen molar-refractivity contribution < 1.29 is 12.8 Å².